The molecule has 150 valence electrons. The van der Waals surface area contributed by atoms with Crippen LogP contribution in [0.4, 0.5) is 4.79 Å². The van der Waals surface area contributed by atoms with E-state index in [4.69, 9.17) is 21.6 Å². The molecule has 1 saturated carbocycles. The number of piperidine rings is 1. The fourth-order valence-corrected chi connectivity index (χ4v) is 5.01. The van der Waals surface area contributed by atoms with E-state index in [0.29, 0.717) is 19.1 Å². The van der Waals surface area contributed by atoms with E-state index in [1.807, 2.05) is 35.4 Å². The Balaban J connectivity index is 1.42. The van der Waals surface area contributed by atoms with Crippen LogP contribution in [0, 0.1) is 0 Å². The third-order valence-corrected chi connectivity index (χ3v) is 6.85. The summed E-state index contributed by atoms with van der Waals surface area (Å²) in [5.41, 5.74) is 1.57. The Hall–Kier alpha value is -1.53. The number of benzene rings is 1. The van der Waals surface area contributed by atoms with Gasteiger partial charge in [0.2, 0.25) is 0 Å². The maximum atomic E-state index is 12.6. The van der Waals surface area contributed by atoms with Crippen LogP contribution < -0.4 is 5.32 Å². The maximum absolute atomic E-state index is 12.6. The van der Waals surface area contributed by atoms with Gasteiger partial charge in [-0.3, -0.25) is 4.99 Å². The van der Waals surface area contributed by atoms with E-state index in [1.54, 1.807) is 11.8 Å². The van der Waals surface area contributed by atoms with Crippen molar-refractivity contribution in [1.82, 2.24) is 10.2 Å². The zero-order valence-electron chi connectivity index (χ0n) is 16.3. The van der Waals surface area contributed by atoms with Crippen LogP contribution in [0.2, 0.25) is 5.02 Å². The Morgan fingerprint density at radius 3 is 2.46 bits per heavy atom. The molecule has 2 amide bonds. The zero-order valence-corrected chi connectivity index (χ0v) is 17.9. The lowest BCUT2D eigenvalue weighted by atomic mass is 9.95. The summed E-state index contributed by atoms with van der Waals surface area (Å²) in [4.78, 5) is 24.6. The van der Waals surface area contributed by atoms with E-state index >= 15 is 0 Å². The van der Waals surface area contributed by atoms with Crippen molar-refractivity contribution < 1.29 is 4.79 Å². The summed E-state index contributed by atoms with van der Waals surface area (Å²) in [7, 11) is 0. The number of thioether (sulfide) groups is 1. The SMILES string of the molecule is CSC1=NC2(CCN(C(=O)NC3CCCCC3)CC2)N=C1c1ccc(Cl)cc1. The van der Waals surface area contributed by atoms with Gasteiger partial charge in [-0.2, -0.15) is 0 Å². The molecule has 5 nitrogen and oxygen atoms in total. The van der Waals surface area contributed by atoms with Gasteiger partial charge >= 0.3 is 6.03 Å². The van der Waals surface area contributed by atoms with E-state index < -0.39 is 5.66 Å². The average Bonchev–Trinajstić information content (AvgIpc) is 3.08. The lowest BCUT2D eigenvalue weighted by molar-refractivity contribution is 0.158. The van der Waals surface area contributed by atoms with E-state index in [9.17, 15) is 4.79 Å². The summed E-state index contributed by atoms with van der Waals surface area (Å²) in [5.74, 6) is 0. The number of nitrogens with one attached hydrogen (secondary N) is 1. The second-order valence-electron chi connectivity index (χ2n) is 7.84. The fraction of sp³-hybridized carbons (Fsp3) is 0.571. The average molecular weight is 419 g/mol. The van der Waals surface area contributed by atoms with Gasteiger partial charge in [0.1, 0.15) is 5.04 Å². The molecule has 0 radical (unpaired) electrons. The van der Waals surface area contributed by atoms with Crippen LogP contribution in [0.15, 0.2) is 34.3 Å². The molecule has 28 heavy (non-hydrogen) atoms. The molecular formula is C21H27ClN4OS. The van der Waals surface area contributed by atoms with E-state index in [1.165, 1.54) is 19.3 Å². The molecule has 3 aliphatic rings. The van der Waals surface area contributed by atoms with Crippen molar-refractivity contribution in [3.63, 3.8) is 0 Å². The first-order valence-corrected chi connectivity index (χ1v) is 11.7. The molecule has 1 aromatic rings. The molecule has 1 spiro atoms. The van der Waals surface area contributed by atoms with Gasteiger partial charge in [0.05, 0.1) is 5.71 Å². The number of carbonyl (C=O) groups excluding carboxylic acids is 1. The predicted molar refractivity (Wildman–Crippen MR) is 118 cm³/mol. The summed E-state index contributed by atoms with van der Waals surface area (Å²) < 4.78 is 0. The van der Waals surface area contributed by atoms with Gasteiger partial charge in [0, 0.05) is 42.6 Å². The van der Waals surface area contributed by atoms with Gasteiger partial charge in [-0.1, -0.05) is 43.0 Å². The van der Waals surface area contributed by atoms with Crippen LogP contribution in [0.1, 0.15) is 50.5 Å². The molecule has 7 heteroatoms. The normalized spacial score (nSPS) is 22.1. The number of rotatable bonds is 2. The number of carbonyl (C=O) groups is 1. The van der Waals surface area contributed by atoms with Crippen LogP contribution in [0.5, 0.6) is 0 Å². The van der Waals surface area contributed by atoms with Crippen LogP contribution in [0.25, 0.3) is 0 Å². The van der Waals surface area contributed by atoms with Crippen LogP contribution in [0.3, 0.4) is 0 Å². The van der Waals surface area contributed by atoms with E-state index in [0.717, 1.165) is 47.0 Å². The lowest BCUT2D eigenvalue weighted by Gasteiger charge is -2.36. The molecule has 4 rings (SSSR count). The minimum absolute atomic E-state index is 0.0794. The highest BCUT2D eigenvalue weighted by Crippen LogP contribution is 2.35. The number of nitrogens with zero attached hydrogens (tertiary/aromatic N) is 3. The highest BCUT2D eigenvalue weighted by Gasteiger charge is 2.40. The largest absolute Gasteiger partial charge is 0.335 e. The number of hydrogen-bond donors (Lipinski definition) is 1. The first-order chi connectivity index (χ1) is 13.6. The highest BCUT2D eigenvalue weighted by atomic mass is 35.5. The quantitative estimate of drug-likeness (QED) is 0.754. The first-order valence-electron chi connectivity index (χ1n) is 10.1. The number of aliphatic imine (C=N–C) groups is 2. The number of hydrogen-bond acceptors (Lipinski definition) is 4. The van der Waals surface area contributed by atoms with Crippen LogP contribution in [-0.2, 0) is 0 Å². The number of amides is 2. The third-order valence-electron chi connectivity index (χ3n) is 5.93. The standard InChI is InChI=1S/C21H27ClN4OS/c1-28-19-18(15-7-9-16(22)10-8-15)24-21(25-19)11-13-26(14-12-21)20(27)23-17-5-3-2-4-6-17/h7-10,17H,2-6,11-14H2,1H3,(H,23,27). The molecule has 1 N–H and O–H groups in total. The minimum atomic E-state index is -0.422. The Morgan fingerprint density at radius 1 is 1.14 bits per heavy atom. The van der Waals surface area contributed by atoms with Gasteiger partial charge < -0.3 is 10.2 Å². The Labute approximate surface area is 176 Å². The molecule has 2 aliphatic heterocycles. The third kappa shape index (κ3) is 4.23. The minimum Gasteiger partial charge on any atom is -0.335 e. The Morgan fingerprint density at radius 2 is 1.82 bits per heavy atom. The fourth-order valence-electron chi connectivity index (χ4n) is 4.27. The van der Waals surface area contributed by atoms with Crippen molar-refractivity contribution >= 4 is 40.1 Å². The molecule has 0 aromatic heterocycles. The van der Waals surface area contributed by atoms with Crippen molar-refractivity contribution in [3.05, 3.63) is 34.9 Å². The first kappa shape index (κ1) is 19.8. The molecule has 0 unspecified atom stereocenters. The predicted octanol–water partition coefficient (Wildman–Crippen LogP) is 4.74. The van der Waals surface area contributed by atoms with E-state index in [-0.39, 0.29) is 6.03 Å². The van der Waals surface area contributed by atoms with Gasteiger partial charge in [-0.25, -0.2) is 9.79 Å². The summed E-state index contributed by atoms with van der Waals surface area (Å²) >= 11 is 7.66. The highest BCUT2D eigenvalue weighted by molar-refractivity contribution is 8.15. The summed E-state index contributed by atoms with van der Waals surface area (Å²) in [6.45, 7) is 1.39. The Kier molecular flexibility index (Phi) is 5.97. The Bertz CT molecular complexity index is 778. The summed E-state index contributed by atoms with van der Waals surface area (Å²) in [5, 5.41) is 4.92. The molecule has 2 fully saturated rings. The molecule has 1 aliphatic carbocycles. The second kappa shape index (κ2) is 8.46. The van der Waals surface area contributed by atoms with Gasteiger partial charge in [0.25, 0.3) is 0 Å². The maximum Gasteiger partial charge on any atom is 0.317 e. The summed E-state index contributed by atoms with van der Waals surface area (Å²) in [6.07, 6.45) is 9.54. The summed E-state index contributed by atoms with van der Waals surface area (Å²) in [6, 6.07) is 8.20. The van der Waals surface area contributed by atoms with Crippen molar-refractivity contribution in [1.29, 1.82) is 0 Å². The van der Waals surface area contributed by atoms with Crippen molar-refractivity contribution in [2.45, 2.75) is 56.7 Å². The zero-order chi connectivity index (χ0) is 19.6. The van der Waals surface area contributed by atoms with Gasteiger partial charge in [0.15, 0.2) is 5.66 Å². The van der Waals surface area contributed by atoms with Crippen molar-refractivity contribution in [2.75, 3.05) is 19.3 Å². The molecule has 1 saturated heterocycles. The molecular weight excluding hydrogens is 392 g/mol. The molecule has 2 heterocycles. The monoisotopic (exact) mass is 418 g/mol. The smallest absolute Gasteiger partial charge is 0.317 e. The molecule has 0 atom stereocenters. The molecule has 0 bridgehead atoms. The second-order valence-corrected chi connectivity index (χ2v) is 9.07. The topological polar surface area (TPSA) is 57.1 Å². The number of urea groups is 1. The lowest BCUT2D eigenvalue weighted by Crippen LogP contribution is -2.51. The van der Waals surface area contributed by atoms with Crippen LogP contribution in [-0.4, -0.2) is 52.7 Å². The number of halogens is 1. The van der Waals surface area contributed by atoms with Gasteiger partial charge in [-0.05, 0) is 31.2 Å². The van der Waals surface area contributed by atoms with Gasteiger partial charge in [-0.15, -0.1) is 11.8 Å². The van der Waals surface area contributed by atoms with Crippen molar-refractivity contribution in [3.8, 4) is 0 Å². The molecule has 1 aromatic carbocycles. The number of likely N-dealkylation sites (tertiary alicyclic amines) is 1. The van der Waals surface area contributed by atoms with E-state index in [2.05, 4.69) is 5.32 Å². The van der Waals surface area contributed by atoms with Crippen molar-refractivity contribution in [2.24, 2.45) is 9.98 Å². The van der Waals surface area contributed by atoms with Crippen LogP contribution >= 0.6 is 23.4 Å².